The Morgan fingerprint density at radius 2 is 2.06 bits per heavy atom. The molecule has 3 N–H and O–H groups in total. The Balaban J connectivity index is 1.89. The minimum absolute atomic E-state index is 0.373. The van der Waals surface area contributed by atoms with Crippen LogP contribution < -0.4 is 5.32 Å². The second-order valence-corrected chi connectivity index (χ2v) is 4.59. The summed E-state index contributed by atoms with van der Waals surface area (Å²) < 4.78 is 0. The summed E-state index contributed by atoms with van der Waals surface area (Å²) in [4.78, 5) is 0. The SMILES string of the molecule is OC1CCNC(O)(CCc2ccccc2)C1. The van der Waals surface area contributed by atoms with E-state index in [1.165, 1.54) is 5.56 Å². The molecular weight excluding hydrogens is 202 g/mol. The number of hydrogen-bond acceptors (Lipinski definition) is 3. The molecule has 0 bridgehead atoms. The van der Waals surface area contributed by atoms with Gasteiger partial charge in [-0.05, 0) is 24.8 Å². The van der Waals surface area contributed by atoms with Crippen molar-refractivity contribution < 1.29 is 10.2 Å². The van der Waals surface area contributed by atoms with E-state index in [-0.39, 0.29) is 6.10 Å². The molecule has 2 atom stereocenters. The molecule has 3 heteroatoms. The van der Waals surface area contributed by atoms with Gasteiger partial charge in [-0.3, -0.25) is 5.32 Å². The molecule has 1 aliphatic rings. The first-order valence-electron chi connectivity index (χ1n) is 5.87. The highest BCUT2D eigenvalue weighted by atomic mass is 16.3. The second kappa shape index (κ2) is 4.95. The van der Waals surface area contributed by atoms with Crippen LogP contribution in [0.2, 0.25) is 0 Å². The Morgan fingerprint density at radius 1 is 1.31 bits per heavy atom. The lowest BCUT2D eigenvalue weighted by atomic mass is 9.92. The van der Waals surface area contributed by atoms with Crippen molar-refractivity contribution in [3.05, 3.63) is 35.9 Å². The second-order valence-electron chi connectivity index (χ2n) is 4.59. The summed E-state index contributed by atoms with van der Waals surface area (Å²) in [5.41, 5.74) is 0.325. The maximum Gasteiger partial charge on any atom is 0.118 e. The van der Waals surface area contributed by atoms with Crippen molar-refractivity contribution in [2.24, 2.45) is 0 Å². The number of hydrogen-bond donors (Lipinski definition) is 3. The number of aliphatic hydroxyl groups is 2. The molecule has 1 fully saturated rings. The van der Waals surface area contributed by atoms with E-state index in [2.05, 4.69) is 17.4 Å². The Bertz CT molecular complexity index is 328. The van der Waals surface area contributed by atoms with Gasteiger partial charge in [0.15, 0.2) is 0 Å². The Morgan fingerprint density at radius 3 is 2.75 bits per heavy atom. The van der Waals surface area contributed by atoms with Crippen molar-refractivity contribution in [2.75, 3.05) is 6.54 Å². The first kappa shape index (κ1) is 11.6. The Labute approximate surface area is 96.1 Å². The summed E-state index contributed by atoms with van der Waals surface area (Å²) in [5, 5.41) is 22.9. The maximum atomic E-state index is 10.2. The van der Waals surface area contributed by atoms with E-state index in [1.807, 2.05) is 18.2 Å². The summed E-state index contributed by atoms with van der Waals surface area (Å²) in [6.07, 6.45) is 2.26. The average Bonchev–Trinajstić information content (AvgIpc) is 2.28. The van der Waals surface area contributed by atoms with Crippen molar-refractivity contribution >= 4 is 0 Å². The summed E-state index contributed by atoms with van der Waals surface area (Å²) in [7, 11) is 0. The number of nitrogens with one attached hydrogen (secondary N) is 1. The third-order valence-corrected chi connectivity index (χ3v) is 3.18. The number of benzene rings is 1. The molecule has 1 aromatic rings. The molecule has 0 saturated carbocycles. The van der Waals surface area contributed by atoms with Gasteiger partial charge < -0.3 is 10.2 Å². The van der Waals surface area contributed by atoms with Crippen molar-refractivity contribution in [2.45, 2.75) is 37.5 Å². The van der Waals surface area contributed by atoms with Gasteiger partial charge in [-0.25, -0.2) is 0 Å². The molecule has 0 aromatic heterocycles. The fourth-order valence-corrected chi connectivity index (χ4v) is 2.22. The van der Waals surface area contributed by atoms with Crippen LogP contribution in [-0.4, -0.2) is 28.6 Å². The molecule has 2 unspecified atom stereocenters. The molecule has 88 valence electrons. The summed E-state index contributed by atoms with van der Waals surface area (Å²) >= 11 is 0. The summed E-state index contributed by atoms with van der Waals surface area (Å²) in [6.45, 7) is 0.687. The number of aliphatic hydroxyl groups excluding tert-OH is 1. The van der Waals surface area contributed by atoms with Gasteiger partial charge in [0.1, 0.15) is 5.72 Å². The van der Waals surface area contributed by atoms with Gasteiger partial charge in [0, 0.05) is 13.0 Å². The van der Waals surface area contributed by atoms with Gasteiger partial charge >= 0.3 is 0 Å². The van der Waals surface area contributed by atoms with Crippen LogP contribution in [0.5, 0.6) is 0 Å². The Kier molecular flexibility index (Phi) is 3.59. The van der Waals surface area contributed by atoms with Gasteiger partial charge in [-0.2, -0.15) is 0 Å². The average molecular weight is 221 g/mol. The van der Waals surface area contributed by atoms with Crippen molar-refractivity contribution in [1.82, 2.24) is 5.32 Å². The van der Waals surface area contributed by atoms with Crippen molar-refractivity contribution in [1.29, 1.82) is 0 Å². The lowest BCUT2D eigenvalue weighted by Gasteiger charge is -2.36. The fourth-order valence-electron chi connectivity index (χ4n) is 2.22. The lowest BCUT2D eigenvalue weighted by Crippen LogP contribution is -2.52. The van der Waals surface area contributed by atoms with Gasteiger partial charge in [-0.1, -0.05) is 30.3 Å². The standard InChI is InChI=1S/C13H19NO2/c15-12-7-9-14-13(16,10-12)8-6-11-4-2-1-3-5-11/h1-5,12,14-16H,6-10H2. The molecule has 1 heterocycles. The summed E-state index contributed by atoms with van der Waals surface area (Å²) in [6, 6.07) is 10.1. The predicted molar refractivity (Wildman–Crippen MR) is 63.0 cm³/mol. The first-order chi connectivity index (χ1) is 7.68. The van der Waals surface area contributed by atoms with Crippen molar-refractivity contribution in [3.63, 3.8) is 0 Å². The van der Waals surface area contributed by atoms with E-state index in [0.717, 1.165) is 12.8 Å². The largest absolute Gasteiger partial charge is 0.393 e. The van der Waals surface area contributed by atoms with Crippen LogP contribution >= 0.6 is 0 Å². The molecule has 0 radical (unpaired) electrons. The van der Waals surface area contributed by atoms with E-state index in [4.69, 9.17) is 0 Å². The Hall–Kier alpha value is -0.900. The smallest absolute Gasteiger partial charge is 0.118 e. The molecule has 1 aromatic carbocycles. The minimum Gasteiger partial charge on any atom is -0.393 e. The maximum absolute atomic E-state index is 10.2. The van der Waals surface area contributed by atoms with E-state index < -0.39 is 5.72 Å². The zero-order valence-corrected chi connectivity index (χ0v) is 9.39. The zero-order chi connectivity index (χ0) is 11.4. The highest BCUT2D eigenvalue weighted by Crippen LogP contribution is 2.22. The predicted octanol–water partition coefficient (Wildman–Crippen LogP) is 1.05. The first-order valence-corrected chi connectivity index (χ1v) is 5.87. The van der Waals surface area contributed by atoms with Crippen LogP contribution in [0.1, 0.15) is 24.8 Å². The molecule has 0 amide bonds. The molecule has 2 rings (SSSR count). The van der Waals surface area contributed by atoms with Gasteiger partial charge in [0.25, 0.3) is 0 Å². The van der Waals surface area contributed by atoms with Crippen LogP contribution in [0.15, 0.2) is 30.3 Å². The lowest BCUT2D eigenvalue weighted by molar-refractivity contribution is -0.0673. The van der Waals surface area contributed by atoms with Crippen LogP contribution in [0.4, 0.5) is 0 Å². The fraction of sp³-hybridized carbons (Fsp3) is 0.538. The van der Waals surface area contributed by atoms with E-state index in [1.54, 1.807) is 0 Å². The van der Waals surface area contributed by atoms with Crippen molar-refractivity contribution in [3.8, 4) is 0 Å². The van der Waals surface area contributed by atoms with E-state index >= 15 is 0 Å². The number of aryl methyl sites for hydroxylation is 1. The molecule has 0 spiro atoms. The third-order valence-electron chi connectivity index (χ3n) is 3.18. The molecule has 1 saturated heterocycles. The minimum atomic E-state index is -0.895. The molecule has 0 aliphatic carbocycles. The van der Waals surface area contributed by atoms with Crippen LogP contribution in [0.3, 0.4) is 0 Å². The number of rotatable bonds is 3. The van der Waals surface area contributed by atoms with Gasteiger partial charge in [0.05, 0.1) is 6.10 Å². The highest BCUT2D eigenvalue weighted by Gasteiger charge is 2.32. The van der Waals surface area contributed by atoms with E-state index in [9.17, 15) is 10.2 Å². The third kappa shape index (κ3) is 3.04. The normalized spacial score (nSPS) is 30.2. The van der Waals surface area contributed by atoms with Crippen LogP contribution in [0, 0.1) is 0 Å². The topological polar surface area (TPSA) is 52.5 Å². The molecular formula is C13H19NO2. The van der Waals surface area contributed by atoms with Crippen LogP contribution in [0.25, 0.3) is 0 Å². The van der Waals surface area contributed by atoms with Gasteiger partial charge in [0.2, 0.25) is 0 Å². The van der Waals surface area contributed by atoms with Gasteiger partial charge in [-0.15, -0.1) is 0 Å². The highest BCUT2D eigenvalue weighted by molar-refractivity contribution is 5.15. The van der Waals surface area contributed by atoms with Crippen LogP contribution in [-0.2, 0) is 6.42 Å². The van der Waals surface area contributed by atoms with E-state index in [0.29, 0.717) is 19.4 Å². The monoisotopic (exact) mass is 221 g/mol. The molecule has 1 aliphatic heterocycles. The number of piperidine rings is 1. The molecule has 3 nitrogen and oxygen atoms in total. The molecule has 16 heavy (non-hydrogen) atoms. The quantitative estimate of drug-likeness (QED) is 0.715. The summed E-state index contributed by atoms with van der Waals surface area (Å²) in [5.74, 6) is 0. The zero-order valence-electron chi connectivity index (χ0n) is 9.39.